The first-order valence-electron chi connectivity index (χ1n) is 21.6. The zero-order chi connectivity index (χ0) is 42.1. The lowest BCUT2D eigenvalue weighted by Crippen LogP contribution is -2.04. The summed E-state index contributed by atoms with van der Waals surface area (Å²) in [6.45, 7) is 0. The third-order valence-electron chi connectivity index (χ3n) is 12.6. The molecule has 0 amide bonds. The first-order valence-corrected chi connectivity index (χ1v) is 21.6. The molecule has 0 radical (unpaired) electrons. The molecule has 3 aromatic heterocycles. The summed E-state index contributed by atoms with van der Waals surface area (Å²) in [5, 5.41) is 8.94. The van der Waals surface area contributed by atoms with Crippen molar-refractivity contribution >= 4 is 65.3 Å². The smallest absolute Gasteiger partial charge is 0.166 e. The third-order valence-corrected chi connectivity index (χ3v) is 12.6. The van der Waals surface area contributed by atoms with Gasteiger partial charge in [-0.15, -0.1) is 0 Å². The van der Waals surface area contributed by atoms with Crippen molar-refractivity contribution in [3.63, 3.8) is 0 Å². The Bertz CT molecular complexity index is 3830. The standard InChI is InChI=1S/C59H36N4O/c1-3-13-37(14-4-1)39-23-27-42(28-24-39)57-60-58(43-29-25-40(26-30-43)38-15-5-2-6-16-38)62-59(61-57)51-35-50-48-32-31-41-17-9-10-20-46(41)56(48)64-55(50)36-54(51)63-52-22-12-11-21-47(52)49-33-44-18-7-8-19-45(44)34-53(49)63/h1-36H. The van der Waals surface area contributed by atoms with E-state index in [-0.39, 0.29) is 0 Å². The summed E-state index contributed by atoms with van der Waals surface area (Å²) in [5.41, 5.74) is 12.0. The predicted molar refractivity (Wildman–Crippen MR) is 264 cm³/mol. The monoisotopic (exact) mass is 816 g/mol. The number of nitrogens with zero attached hydrogens (tertiary/aromatic N) is 4. The molecule has 0 bridgehead atoms. The second-order valence-corrected chi connectivity index (χ2v) is 16.4. The van der Waals surface area contributed by atoms with Crippen LogP contribution in [-0.2, 0) is 0 Å². The van der Waals surface area contributed by atoms with Gasteiger partial charge in [-0.25, -0.2) is 15.0 Å². The molecule has 0 aliphatic carbocycles. The molecule has 13 rings (SSSR count). The van der Waals surface area contributed by atoms with Gasteiger partial charge in [0.15, 0.2) is 17.5 Å². The van der Waals surface area contributed by atoms with Crippen LogP contribution in [0, 0.1) is 0 Å². The molecule has 0 saturated heterocycles. The Morgan fingerprint density at radius 2 is 0.828 bits per heavy atom. The molecular formula is C59H36N4O. The molecule has 3 heterocycles. The Morgan fingerprint density at radius 1 is 0.312 bits per heavy atom. The summed E-state index contributed by atoms with van der Waals surface area (Å²) in [5.74, 6) is 1.75. The van der Waals surface area contributed by atoms with Crippen molar-refractivity contribution in [1.82, 2.24) is 19.5 Å². The summed E-state index contributed by atoms with van der Waals surface area (Å²) in [4.78, 5) is 16.0. The fourth-order valence-electron chi connectivity index (χ4n) is 9.46. The van der Waals surface area contributed by atoms with Gasteiger partial charge >= 0.3 is 0 Å². The number of aromatic nitrogens is 4. The minimum Gasteiger partial charge on any atom is -0.455 e. The normalized spacial score (nSPS) is 11.8. The van der Waals surface area contributed by atoms with Crippen molar-refractivity contribution in [3.05, 3.63) is 218 Å². The van der Waals surface area contributed by atoms with E-state index in [1.165, 1.54) is 21.5 Å². The van der Waals surface area contributed by atoms with Crippen LogP contribution in [-0.4, -0.2) is 19.5 Å². The summed E-state index contributed by atoms with van der Waals surface area (Å²) >= 11 is 0. The summed E-state index contributed by atoms with van der Waals surface area (Å²) in [7, 11) is 0. The van der Waals surface area contributed by atoms with Gasteiger partial charge in [-0.2, -0.15) is 0 Å². The van der Waals surface area contributed by atoms with Crippen molar-refractivity contribution in [3.8, 4) is 62.1 Å². The lowest BCUT2D eigenvalue weighted by atomic mass is 10.0. The average Bonchev–Trinajstić information content (AvgIpc) is 3.90. The van der Waals surface area contributed by atoms with Gasteiger partial charge in [0, 0.05) is 49.7 Å². The Kier molecular flexibility index (Phi) is 8.15. The molecule has 0 spiro atoms. The van der Waals surface area contributed by atoms with Crippen LogP contribution in [0.25, 0.3) is 127 Å². The maximum absolute atomic E-state index is 6.90. The molecule has 0 atom stereocenters. The number of benzene rings is 10. The summed E-state index contributed by atoms with van der Waals surface area (Å²) < 4.78 is 9.27. The predicted octanol–water partition coefficient (Wildman–Crippen LogP) is 15.5. The van der Waals surface area contributed by atoms with Gasteiger partial charge in [0.2, 0.25) is 0 Å². The molecule has 0 aliphatic heterocycles. The van der Waals surface area contributed by atoms with Crippen LogP contribution in [0.4, 0.5) is 0 Å². The molecule has 5 nitrogen and oxygen atoms in total. The molecule has 0 aliphatic rings. The van der Waals surface area contributed by atoms with Crippen molar-refractivity contribution in [2.45, 2.75) is 0 Å². The molecule has 0 N–H and O–H groups in total. The van der Waals surface area contributed by atoms with Gasteiger partial charge in [0.25, 0.3) is 0 Å². The van der Waals surface area contributed by atoms with Crippen LogP contribution in [0.3, 0.4) is 0 Å². The molecular weight excluding hydrogens is 781 g/mol. The Balaban J connectivity index is 1.10. The molecule has 298 valence electrons. The molecule has 0 saturated carbocycles. The number of fused-ring (bicyclic) bond motifs is 9. The first-order chi connectivity index (χ1) is 31.7. The average molecular weight is 817 g/mol. The van der Waals surface area contributed by atoms with Gasteiger partial charge in [-0.1, -0.05) is 182 Å². The number of para-hydroxylation sites is 1. The minimum absolute atomic E-state index is 0.568. The maximum atomic E-state index is 6.90. The fourth-order valence-corrected chi connectivity index (χ4v) is 9.46. The highest BCUT2D eigenvalue weighted by molar-refractivity contribution is 6.17. The van der Waals surface area contributed by atoms with Crippen LogP contribution in [0.15, 0.2) is 223 Å². The lowest BCUT2D eigenvalue weighted by molar-refractivity contribution is 0.672. The van der Waals surface area contributed by atoms with Crippen molar-refractivity contribution in [2.24, 2.45) is 0 Å². The highest BCUT2D eigenvalue weighted by Gasteiger charge is 2.23. The van der Waals surface area contributed by atoms with Crippen molar-refractivity contribution < 1.29 is 4.42 Å². The van der Waals surface area contributed by atoms with Gasteiger partial charge in [0.05, 0.1) is 16.7 Å². The van der Waals surface area contributed by atoms with E-state index in [1.54, 1.807) is 0 Å². The van der Waals surface area contributed by atoms with Crippen molar-refractivity contribution in [2.75, 3.05) is 0 Å². The molecule has 0 unspecified atom stereocenters. The Morgan fingerprint density at radius 3 is 1.48 bits per heavy atom. The van der Waals surface area contributed by atoms with E-state index in [0.717, 1.165) is 88.4 Å². The topological polar surface area (TPSA) is 56.7 Å². The van der Waals surface area contributed by atoms with E-state index in [1.807, 2.05) is 12.1 Å². The first kappa shape index (κ1) is 36.0. The van der Waals surface area contributed by atoms with Crippen molar-refractivity contribution in [1.29, 1.82) is 0 Å². The largest absolute Gasteiger partial charge is 0.455 e. The molecule has 0 fully saturated rings. The van der Waals surface area contributed by atoms with E-state index < -0.39 is 0 Å². The van der Waals surface area contributed by atoms with E-state index in [2.05, 4.69) is 211 Å². The van der Waals surface area contributed by atoms with Gasteiger partial charge in [-0.3, -0.25) is 0 Å². The lowest BCUT2D eigenvalue weighted by Gasteiger charge is -2.15. The third kappa shape index (κ3) is 5.90. The zero-order valence-electron chi connectivity index (χ0n) is 34.5. The summed E-state index contributed by atoms with van der Waals surface area (Å²) in [6.07, 6.45) is 0. The Hall–Kier alpha value is -8.67. The van der Waals surface area contributed by atoms with E-state index >= 15 is 0 Å². The van der Waals surface area contributed by atoms with Crippen LogP contribution in [0.5, 0.6) is 0 Å². The highest BCUT2D eigenvalue weighted by atomic mass is 16.3. The maximum Gasteiger partial charge on any atom is 0.166 e. The van der Waals surface area contributed by atoms with Gasteiger partial charge < -0.3 is 8.98 Å². The minimum atomic E-state index is 0.568. The van der Waals surface area contributed by atoms with Crippen LogP contribution in [0.2, 0.25) is 0 Å². The number of hydrogen-bond donors (Lipinski definition) is 0. The number of furan rings is 1. The van der Waals surface area contributed by atoms with Gasteiger partial charge in [-0.05, 0) is 68.7 Å². The molecule has 64 heavy (non-hydrogen) atoms. The van der Waals surface area contributed by atoms with E-state index in [0.29, 0.717) is 17.5 Å². The molecule has 13 aromatic rings. The van der Waals surface area contributed by atoms with E-state index in [9.17, 15) is 0 Å². The van der Waals surface area contributed by atoms with E-state index in [4.69, 9.17) is 19.4 Å². The highest BCUT2D eigenvalue weighted by Crippen LogP contribution is 2.43. The second-order valence-electron chi connectivity index (χ2n) is 16.4. The number of hydrogen-bond acceptors (Lipinski definition) is 4. The van der Waals surface area contributed by atoms with Crippen LogP contribution < -0.4 is 0 Å². The zero-order valence-corrected chi connectivity index (χ0v) is 34.5. The fraction of sp³-hybridized carbons (Fsp3) is 0. The van der Waals surface area contributed by atoms with Crippen LogP contribution in [0.1, 0.15) is 0 Å². The second kappa shape index (κ2) is 14.5. The number of rotatable bonds is 6. The SMILES string of the molecule is c1ccc(-c2ccc(-c3nc(-c4ccc(-c5ccccc5)cc4)nc(-c4cc5c(cc4-n4c6ccccc6c6cc7ccccc7cc64)oc4c6ccccc6ccc54)n3)cc2)cc1. The molecule has 5 heteroatoms. The Labute approximate surface area is 368 Å². The van der Waals surface area contributed by atoms with Crippen LogP contribution >= 0.6 is 0 Å². The quantitative estimate of drug-likeness (QED) is 0.168. The summed E-state index contributed by atoms with van der Waals surface area (Å²) in [6, 6.07) is 76.9. The molecule has 10 aromatic carbocycles. The van der Waals surface area contributed by atoms with Gasteiger partial charge in [0.1, 0.15) is 11.2 Å².